The molecule has 4 N–H and O–H groups in total. The van der Waals surface area contributed by atoms with E-state index in [0.29, 0.717) is 17.4 Å². The maximum atomic E-state index is 14.0. The number of fused-ring (bicyclic) bond motifs is 1. The molecule has 9 heteroatoms. The number of aromatic nitrogens is 1. The lowest BCUT2D eigenvalue weighted by molar-refractivity contribution is -0.138. The smallest absolute Gasteiger partial charge is 0.408 e. The molecule has 4 aliphatic carbocycles. The molecule has 4 aliphatic rings. The summed E-state index contributed by atoms with van der Waals surface area (Å²) >= 11 is 0. The zero-order valence-corrected chi connectivity index (χ0v) is 23.8. The average molecular weight is 576 g/mol. The molecule has 0 spiro atoms. The third kappa shape index (κ3) is 6.01. The molecule has 1 aromatic heterocycles. The Balaban J connectivity index is 1.22. The van der Waals surface area contributed by atoms with Crippen LogP contribution in [0, 0.1) is 29.5 Å². The van der Waals surface area contributed by atoms with Gasteiger partial charge in [-0.3, -0.25) is 9.59 Å². The second kappa shape index (κ2) is 11.4. The van der Waals surface area contributed by atoms with E-state index in [1.54, 1.807) is 19.1 Å². The molecule has 0 radical (unpaired) electrons. The Bertz CT molecular complexity index is 1440. The number of aliphatic carboxylic acids is 1. The first-order valence-corrected chi connectivity index (χ1v) is 15.0. The minimum Gasteiger partial charge on any atom is -0.481 e. The van der Waals surface area contributed by atoms with Gasteiger partial charge >= 0.3 is 12.1 Å². The van der Waals surface area contributed by atoms with Gasteiger partial charge in [0.05, 0.1) is 6.42 Å². The summed E-state index contributed by atoms with van der Waals surface area (Å²) in [4.78, 5) is 42.4. The molecule has 2 atom stereocenters. The first-order valence-electron chi connectivity index (χ1n) is 15.0. The Kier molecular flexibility index (Phi) is 7.68. The summed E-state index contributed by atoms with van der Waals surface area (Å²) < 4.78 is 19.5. The zero-order valence-electron chi connectivity index (χ0n) is 23.8. The lowest BCUT2D eigenvalue weighted by Crippen LogP contribution is -2.61. The van der Waals surface area contributed by atoms with Crippen molar-refractivity contribution >= 4 is 28.9 Å². The SMILES string of the molecule is C[C@@](Cc1c[nH]c2ccccc12)(NC(=O)OC1C2CC3CC(C2)CC1C3)C(=O)NC(CC(=O)O)Cc1ccc(F)cc1. The van der Waals surface area contributed by atoms with E-state index in [4.69, 9.17) is 4.74 Å². The summed E-state index contributed by atoms with van der Waals surface area (Å²) in [6, 6.07) is 12.7. The van der Waals surface area contributed by atoms with Crippen molar-refractivity contribution in [1.82, 2.24) is 15.6 Å². The highest BCUT2D eigenvalue weighted by Gasteiger charge is 2.50. The van der Waals surface area contributed by atoms with Gasteiger partial charge in [-0.1, -0.05) is 30.3 Å². The van der Waals surface area contributed by atoms with Crippen molar-refractivity contribution in [3.8, 4) is 0 Å². The van der Waals surface area contributed by atoms with E-state index in [2.05, 4.69) is 15.6 Å². The summed E-state index contributed by atoms with van der Waals surface area (Å²) in [5, 5.41) is 16.3. The summed E-state index contributed by atoms with van der Waals surface area (Å²) in [7, 11) is 0. The number of amides is 2. The molecule has 2 aromatic carbocycles. The van der Waals surface area contributed by atoms with Crippen molar-refractivity contribution in [2.75, 3.05) is 0 Å². The van der Waals surface area contributed by atoms with Crippen molar-refractivity contribution in [3.05, 3.63) is 71.7 Å². The summed E-state index contributed by atoms with van der Waals surface area (Å²) in [6.07, 6.45) is 6.76. The first kappa shape index (κ1) is 28.2. The number of para-hydroxylation sites is 1. The van der Waals surface area contributed by atoms with Gasteiger partial charge in [0, 0.05) is 29.6 Å². The van der Waals surface area contributed by atoms with Crippen molar-refractivity contribution in [3.63, 3.8) is 0 Å². The van der Waals surface area contributed by atoms with Gasteiger partial charge in [-0.15, -0.1) is 0 Å². The number of ether oxygens (including phenoxy) is 1. The molecule has 1 heterocycles. The number of nitrogens with one attached hydrogen (secondary N) is 3. The number of rotatable bonds is 10. The largest absolute Gasteiger partial charge is 0.481 e. The van der Waals surface area contributed by atoms with Crippen LogP contribution in [0.25, 0.3) is 10.9 Å². The Labute approximate surface area is 244 Å². The van der Waals surface area contributed by atoms with Crippen LogP contribution in [-0.4, -0.2) is 45.7 Å². The number of hydrogen-bond acceptors (Lipinski definition) is 4. The van der Waals surface area contributed by atoms with E-state index in [1.807, 2.05) is 30.5 Å². The summed E-state index contributed by atoms with van der Waals surface area (Å²) in [5.74, 6) is 0.234. The molecule has 0 saturated heterocycles. The molecular formula is C33H38FN3O5. The third-order valence-electron chi connectivity index (χ3n) is 9.63. The zero-order chi connectivity index (χ0) is 29.4. The van der Waals surface area contributed by atoms with Crippen LogP contribution in [0.4, 0.5) is 9.18 Å². The minimum absolute atomic E-state index is 0.142. The normalized spacial score (nSPS) is 26.4. The van der Waals surface area contributed by atoms with Crippen LogP contribution < -0.4 is 10.6 Å². The van der Waals surface area contributed by atoms with Gasteiger partial charge in [0.25, 0.3) is 0 Å². The van der Waals surface area contributed by atoms with Gasteiger partial charge in [0.1, 0.15) is 17.5 Å². The molecule has 3 aromatic rings. The van der Waals surface area contributed by atoms with Gasteiger partial charge in [0.15, 0.2) is 0 Å². The van der Waals surface area contributed by atoms with Crippen LogP contribution in [0.1, 0.15) is 56.6 Å². The number of hydrogen-bond donors (Lipinski definition) is 4. The van der Waals surface area contributed by atoms with Gasteiger partial charge < -0.3 is 25.5 Å². The molecular weight excluding hydrogens is 537 g/mol. The number of H-pyrrole nitrogens is 1. The van der Waals surface area contributed by atoms with Crippen LogP contribution in [-0.2, 0) is 27.2 Å². The number of carboxylic acid groups (broad SMARTS) is 1. The molecule has 4 saturated carbocycles. The Morgan fingerprint density at radius 3 is 2.36 bits per heavy atom. The van der Waals surface area contributed by atoms with Crippen LogP contribution in [0.15, 0.2) is 54.7 Å². The average Bonchev–Trinajstić information content (AvgIpc) is 3.33. The molecule has 8 nitrogen and oxygen atoms in total. The monoisotopic (exact) mass is 575 g/mol. The second-order valence-electron chi connectivity index (χ2n) is 12.9. The number of halogens is 1. The molecule has 7 rings (SSSR count). The maximum Gasteiger partial charge on any atom is 0.408 e. The van der Waals surface area contributed by atoms with E-state index in [1.165, 1.54) is 18.6 Å². The molecule has 4 bridgehead atoms. The van der Waals surface area contributed by atoms with Crippen molar-refractivity contribution in [2.24, 2.45) is 23.7 Å². The highest BCUT2D eigenvalue weighted by atomic mass is 19.1. The highest BCUT2D eigenvalue weighted by Crippen LogP contribution is 2.54. The molecule has 2 amide bonds. The predicted octanol–water partition coefficient (Wildman–Crippen LogP) is 5.36. The minimum atomic E-state index is -1.44. The number of alkyl carbamates (subject to hydrolysis) is 1. The number of benzene rings is 2. The standard InChI is InChI=1S/C33H38FN3O5/c1-33(17-24-18-35-28-5-3-2-4-27(24)28,31(40)36-26(16-29(38)39)15-19-6-8-25(34)9-7-19)37-32(41)42-30-22-11-20-10-21(13-22)14-23(30)12-20/h2-9,18,20-23,26,30,35H,10-17H2,1H3,(H,36,40)(H,37,41)(H,38,39)/t20?,21?,22?,23?,26?,30?,33-/m0/s1. The molecule has 0 aliphatic heterocycles. The van der Waals surface area contributed by atoms with Crippen LogP contribution in [0.2, 0.25) is 0 Å². The van der Waals surface area contributed by atoms with Gasteiger partial charge in [-0.05, 0) is 98.4 Å². The summed E-state index contributed by atoms with van der Waals surface area (Å²) in [6.45, 7) is 1.65. The number of carbonyl (C=O) groups excluding carboxylic acids is 2. The van der Waals surface area contributed by atoms with E-state index in [0.717, 1.165) is 54.0 Å². The second-order valence-corrected chi connectivity index (χ2v) is 12.9. The Hall–Kier alpha value is -3.88. The van der Waals surface area contributed by atoms with E-state index < -0.39 is 35.4 Å². The molecule has 42 heavy (non-hydrogen) atoms. The predicted molar refractivity (Wildman–Crippen MR) is 155 cm³/mol. The number of carboxylic acids is 1. The van der Waals surface area contributed by atoms with E-state index in [-0.39, 0.29) is 25.4 Å². The van der Waals surface area contributed by atoms with Gasteiger partial charge in [-0.25, -0.2) is 9.18 Å². The quantitative estimate of drug-likeness (QED) is 0.259. The lowest BCUT2D eigenvalue weighted by atomic mass is 9.55. The van der Waals surface area contributed by atoms with Crippen molar-refractivity contribution in [2.45, 2.75) is 76.0 Å². The van der Waals surface area contributed by atoms with Gasteiger partial charge in [0.2, 0.25) is 5.91 Å². The van der Waals surface area contributed by atoms with Crippen LogP contribution in [0.3, 0.4) is 0 Å². The highest BCUT2D eigenvalue weighted by molar-refractivity contribution is 5.92. The van der Waals surface area contributed by atoms with E-state index >= 15 is 0 Å². The topological polar surface area (TPSA) is 121 Å². The molecule has 1 unspecified atom stereocenters. The Morgan fingerprint density at radius 2 is 1.69 bits per heavy atom. The van der Waals surface area contributed by atoms with E-state index in [9.17, 15) is 23.9 Å². The molecule has 222 valence electrons. The number of carbonyl (C=O) groups is 3. The molecule has 4 fully saturated rings. The fraction of sp³-hybridized carbons (Fsp3) is 0.485. The number of aromatic amines is 1. The Morgan fingerprint density at radius 1 is 1.02 bits per heavy atom. The van der Waals surface area contributed by atoms with Crippen molar-refractivity contribution in [1.29, 1.82) is 0 Å². The fourth-order valence-corrected chi connectivity index (χ4v) is 7.92. The maximum absolute atomic E-state index is 14.0. The first-order chi connectivity index (χ1) is 20.1. The lowest BCUT2D eigenvalue weighted by Gasteiger charge is -2.53. The van der Waals surface area contributed by atoms with Gasteiger partial charge in [-0.2, -0.15) is 0 Å². The van der Waals surface area contributed by atoms with Crippen LogP contribution >= 0.6 is 0 Å². The fourth-order valence-electron chi connectivity index (χ4n) is 7.92. The summed E-state index contributed by atoms with van der Waals surface area (Å²) in [5.41, 5.74) is 1.00. The van der Waals surface area contributed by atoms with Crippen molar-refractivity contribution < 1.29 is 28.6 Å². The van der Waals surface area contributed by atoms with Crippen LogP contribution in [0.5, 0.6) is 0 Å². The third-order valence-corrected chi connectivity index (χ3v) is 9.63.